The largest absolute Gasteiger partial charge is 0.331 e. The van der Waals surface area contributed by atoms with E-state index in [0.717, 1.165) is 46.6 Å². The Balaban J connectivity index is 1.61. The fourth-order valence-corrected chi connectivity index (χ4v) is 4.42. The third-order valence-corrected chi connectivity index (χ3v) is 6.19. The van der Waals surface area contributed by atoms with Gasteiger partial charge in [0.2, 0.25) is 0 Å². The van der Waals surface area contributed by atoms with Gasteiger partial charge in [-0.05, 0) is 31.0 Å². The number of carbonyl (C=O) groups is 1. The Morgan fingerprint density at radius 3 is 2.52 bits per heavy atom. The van der Waals surface area contributed by atoms with Gasteiger partial charge >= 0.3 is 0 Å². The molecule has 1 aliphatic heterocycles. The molecule has 1 fully saturated rings. The van der Waals surface area contributed by atoms with E-state index in [1.807, 2.05) is 65.3 Å². The molecule has 2 aromatic heterocycles. The van der Waals surface area contributed by atoms with Crippen molar-refractivity contribution >= 4 is 5.91 Å². The molecule has 3 heterocycles. The maximum Gasteiger partial charge on any atom is 0.273 e. The maximum absolute atomic E-state index is 13.4. The fourth-order valence-electron chi connectivity index (χ4n) is 4.42. The van der Waals surface area contributed by atoms with Crippen LogP contribution in [0.2, 0.25) is 0 Å². The molecule has 1 N–H and O–H groups in total. The van der Waals surface area contributed by atoms with Crippen molar-refractivity contribution in [2.24, 2.45) is 0 Å². The van der Waals surface area contributed by atoms with Crippen LogP contribution in [0.4, 0.5) is 0 Å². The molecular weight excluding hydrogens is 362 g/mol. The number of aromatic amines is 1. The molecule has 0 atom stereocenters. The lowest BCUT2D eigenvalue weighted by Crippen LogP contribution is -2.36. The molecule has 4 aromatic rings. The minimum atomic E-state index is -0.232. The first-order chi connectivity index (χ1) is 14.2. The average Bonchev–Trinajstić information content (AvgIpc) is 3.19. The summed E-state index contributed by atoms with van der Waals surface area (Å²) in [5.41, 5.74) is 6.13. The number of rotatable bonds is 2. The Labute approximate surface area is 167 Å². The molecular formula is C23H19N5O. The van der Waals surface area contributed by atoms with Crippen molar-refractivity contribution in [2.75, 3.05) is 7.05 Å². The molecule has 1 amide bonds. The second-order valence-electron chi connectivity index (χ2n) is 7.78. The predicted octanol–water partition coefficient (Wildman–Crippen LogP) is 4.00. The first-order valence-electron chi connectivity index (χ1n) is 9.76. The molecule has 0 bridgehead atoms. The van der Waals surface area contributed by atoms with E-state index in [-0.39, 0.29) is 11.4 Å². The zero-order chi connectivity index (χ0) is 19.6. The molecule has 6 nitrogen and oxygen atoms in total. The van der Waals surface area contributed by atoms with Crippen LogP contribution in [0.3, 0.4) is 0 Å². The van der Waals surface area contributed by atoms with Gasteiger partial charge in [0, 0.05) is 29.9 Å². The van der Waals surface area contributed by atoms with Crippen LogP contribution in [0.5, 0.6) is 0 Å². The molecule has 1 aliphatic carbocycles. The van der Waals surface area contributed by atoms with Crippen LogP contribution in [-0.4, -0.2) is 37.8 Å². The first-order valence-corrected chi connectivity index (χ1v) is 9.76. The average molecular weight is 381 g/mol. The molecule has 6 rings (SSSR count). The van der Waals surface area contributed by atoms with Gasteiger partial charge < -0.3 is 4.90 Å². The van der Waals surface area contributed by atoms with Gasteiger partial charge in [-0.1, -0.05) is 42.5 Å². The van der Waals surface area contributed by atoms with Gasteiger partial charge in [-0.15, -0.1) is 0 Å². The SMILES string of the molecule is CN1C(=O)c2cc(-c3ccccc3)nn2-c2cc(-c3cc[nH]n3)ccc2C12CC2. The standard InChI is InChI=1S/C23H19N5O/c1-27-22(29)21-14-19(15-5-3-2-4-6-15)26-28(21)20-13-16(18-9-12-24-25-18)7-8-17(20)23(27)10-11-23/h2-9,12-14H,10-11H2,1H3,(H,24,25). The van der Waals surface area contributed by atoms with Gasteiger partial charge in [0.05, 0.1) is 22.6 Å². The molecule has 0 saturated heterocycles. The van der Waals surface area contributed by atoms with Crippen LogP contribution in [0, 0.1) is 0 Å². The number of aromatic nitrogens is 4. The zero-order valence-corrected chi connectivity index (χ0v) is 16.0. The Bertz CT molecular complexity index is 1240. The Hall–Kier alpha value is -3.67. The van der Waals surface area contributed by atoms with Crippen LogP contribution in [-0.2, 0) is 5.54 Å². The van der Waals surface area contributed by atoms with E-state index in [1.165, 1.54) is 0 Å². The highest BCUT2D eigenvalue weighted by atomic mass is 16.2. The summed E-state index contributed by atoms with van der Waals surface area (Å²) in [5, 5.41) is 12.1. The fraction of sp³-hybridized carbons (Fsp3) is 0.174. The van der Waals surface area contributed by atoms with Crippen LogP contribution < -0.4 is 0 Å². The first kappa shape index (κ1) is 16.3. The number of amides is 1. The second-order valence-corrected chi connectivity index (χ2v) is 7.78. The van der Waals surface area contributed by atoms with Crippen LogP contribution in [0.15, 0.2) is 66.9 Å². The summed E-state index contributed by atoms with van der Waals surface area (Å²) in [6.07, 6.45) is 3.76. The highest BCUT2D eigenvalue weighted by Gasteiger charge is 2.53. The highest BCUT2D eigenvalue weighted by Crippen LogP contribution is 2.54. The molecule has 6 heteroatoms. The van der Waals surface area contributed by atoms with Crippen molar-refractivity contribution in [1.29, 1.82) is 0 Å². The Morgan fingerprint density at radius 1 is 0.966 bits per heavy atom. The smallest absolute Gasteiger partial charge is 0.273 e. The van der Waals surface area contributed by atoms with Gasteiger partial charge in [0.15, 0.2) is 0 Å². The van der Waals surface area contributed by atoms with E-state index in [0.29, 0.717) is 5.69 Å². The van der Waals surface area contributed by atoms with Gasteiger partial charge in [-0.25, -0.2) is 4.68 Å². The summed E-state index contributed by atoms with van der Waals surface area (Å²) in [7, 11) is 1.91. The van der Waals surface area contributed by atoms with E-state index in [1.54, 1.807) is 0 Å². The summed E-state index contributed by atoms with van der Waals surface area (Å²) in [4.78, 5) is 15.3. The number of carbonyl (C=O) groups excluding carboxylic acids is 1. The van der Waals surface area contributed by atoms with Crippen molar-refractivity contribution in [3.8, 4) is 28.2 Å². The number of nitrogens with zero attached hydrogens (tertiary/aromatic N) is 4. The predicted molar refractivity (Wildman–Crippen MR) is 110 cm³/mol. The third-order valence-electron chi connectivity index (χ3n) is 6.19. The van der Waals surface area contributed by atoms with Crippen molar-refractivity contribution in [1.82, 2.24) is 24.9 Å². The van der Waals surface area contributed by atoms with Gasteiger partial charge in [0.25, 0.3) is 5.91 Å². The van der Waals surface area contributed by atoms with Crippen molar-refractivity contribution in [3.63, 3.8) is 0 Å². The lowest BCUT2D eigenvalue weighted by atomic mass is 9.98. The van der Waals surface area contributed by atoms with Crippen molar-refractivity contribution in [2.45, 2.75) is 18.4 Å². The Morgan fingerprint density at radius 2 is 1.79 bits per heavy atom. The number of nitrogens with one attached hydrogen (secondary N) is 1. The molecule has 142 valence electrons. The zero-order valence-electron chi connectivity index (χ0n) is 16.0. The second kappa shape index (κ2) is 5.67. The van der Waals surface area contributed by atoms with E-state index in [2.05, 4.69) is 28.4 Å². The lowest BCUT2D eigenvalue weighted by Gasteiger charge is -2.27. The molecule has 2 aromatic carbocycles. The Kier molecular flexibility index (Phi) is 3.19. The minimum absolute atomic E-state index is 0.00898. The summed E-state index contributed by atoms with van der Waals surface area (Å²) in [5.74, 6) is 0.00898. The third kappa shape index (κ3) is 2.26. The lowest BCUT2D eigenvalue weighted by molar-refractivity contribution is 0.0704. The number of hydrogen-bond donors (Lipinski definition) is 1. The summed E-state index contributed by atoms with van der Waals surface area (Å²) in [6.45, 7) is 0. The number of H-pyrrole nitrogens is 1. The molecule has 1 spiro atoms. The molecule has 1 saturated carbocycles. The van der Waals surface area contributed by atoms with Crippen molar-refractivity contribution < 1.29 is 4.79 Å². The molecule has 0 unspecified atom stereocenters. The summed E-state index contributed by atoms with van der Waals surface area (Å²) < 4.78 is 1.82. The molecule has 2 aliphatic rings. The van der Waals surface area contributed by atoms with Crippen molar-refractivity contribution in [3.05, 3.63) is 78.1 Å². The molecule has 0 radical (unpaired) electrons. The molecule has 29 heavy (non-hydrogen) atoms. The topological polar surface area (TPSA) is 66.8 Å². The summed E-state index contributed by atoms with van der Waals surface area (Å²) in [6, 6.07) is 20.1. The van der Waals surface area contributed by atoms with E-state index in [9.17, 15) is 4.79 Å². The normalized spacial score (nSPS) is 16.4. The van der Waals surface area contributed by atoms with E-state index < -0.39 is 0 Å². The van der Waals surface area contributed by atoms with Crippen LogP contribution in [0.1, 0.15) is 28.9 Å². The number of hydrogen-bond acceptors (Lipinski definition) is 3. The number of benzene rings is 2. The van der Waals surface area contributed by atoms with E-state index >= 15 is 0 Å². The number of fused-ring (bicyclic) bond motifs is 4. The quantitative estimate of drug-likeness (QED) is 0.571. The minimum Gasteiger partial charge on any atom is -0.331 e. The van der Waals surface area contributed by atoms with E-state index in [4.69, 9.17) is 5.10 Å². The van der Waals surface area contributed by atoms with Gasteiger partial charge in [0.1, 0.15) is 5.69 Å². The highest BCUT2D eigenvalue weighted by molar-refractivity contribution is 5.96. The summed E-state index contributed by atoms with van der Waals surface area (Å²) >= 11 is 0. The van der Waals surface area contributed by atoms with Gasteiger partial charge in [-0.2, -0.15) is 10.2 Å². The maximum atomic E-state index is 13.4. The van der Waals surface area contributed by atoms with Crippen LogP contribution >= 0.6 is 0 Å². The monoisotopic (exact) mass is 381 g/mol. The van der Waals surface area contributed by atoms with Gasteiger partial charge in [-0.3, -0.25) is 9.89 Å². The van der Waals surface area contributed by atoms with Crippen LogP contribution in [0.25, 0.3) is 28.2 Å².